The van der Waals surface area contributed by atoms with E-state index in [-0.39, 0.29) is 16.5 Å². The van der Waals surface area contributed by atoms with E-state index < -0.39 is 17.5 Å². The summed E-state index contributed by atoms with van der Waals surface area (Å²) in [6.45, 7) is 3.77. The molecule has 1 aromatic carbocycles. The first kappa shape index (κ1) is 17.1. The smallest absolute Gasteiger partial charge is 0.360 e. The molecule has 0 bridgehead atoms. The predicted octanol–water partition coefficient (Wildman–Crippen LogP) is 5.09. The first-order valence-corrected chi connectivity index (χ1v) is 8.59. The first-order valence-electron chi connectivity index (χ1n) is 7.60. The average molecular weight is 355 g/mol. The number of ketones is 1. The van der Waals surface area contributed by atoms with Crippen molar-refractivity contribution in [3.8, 4) is 0 Å². The van der Waals surface area contributed by atoms with E-state index in [1.807, 2.05) is 13.8 Å². The number of carbonyl (C=O) groups excluding carboxylic acids is 1. The minimum atomic E-state index is -4.60. The highest BCUT2D eigenvalue weighted by Gasteiger charge is 2.46. The number of carbonyl (C=O) groups is 1. The first-order chi connectivity index (χ1) is 11.3. The van der Waals surface area contributed by atoms with E-state index in [2.05, 4.69) is 5.16 Å². The fraction of sp³-hybridized carbons (Fsp3) is 0.412. The van der Waals surface area contributed by atoms with E-state index in [0.717, 1.165) is 18.9 Å². The van der Waals surface area contributed by atoms with Crippen LogP contribution in [0.25, 0.3) is 0 Å². The third-order valence-corrected chi connectivity index (χ3v) is 5.09. The Kier molecular flexibility index (Phi) is 4.23. The Hall–Kier alpha value is -1.76. The van der Waals surface area contributed by atoms with Crippen LogP contribution in [0.5, 0.6) is 0 Å². The van der Waals surface area contributed by atoms with Crippen LogP contribution in [0.4, 0.5) is 13.2 Å². The number of nitrogens with zero attached hydrogens (tertiary/aromatic N) is 1. The molecule has 0 saturated heterocycles. The van der Waals surface area contributed by atoms with Gasteiger partial charge in [0.2, 0.25) is 0 Å². The molecule has 0 radical (unpaired) electrons. The van der Waals surface area contributed by atoms with E-state index in [0.29, 0.717) is 16.4 Å². The second kappa shape index (κ2) is 5.95. The molecule has 7 heteroatoms. The molecule has 0 atom stereocenters. The van der Waals surface area contributed by atoms with Crippen LogP contribution in [0.2, 0.25) is 0 Å². The third kappa shape index (κ3) is 3.09. The SMILES string of the molecule is CCSc1ccc(C(=O)c2cnoc2C2(C)CC2)c(C(F)(F)F)c1. The van der Waals surface area contributed by atoms with Crippen molar-refractivity contribution in [2.45, 2.75) is 43.2 Å². The third-order valence-electron chi connectivity index (χ3n) is 4.22. The zero-order valence-electron chi connectivity index (χ0n) is 13.2. The highest BCUT2D eigenvalue weighted by atomic mass is 32.2. The van der Waals surface area contributed by atoms with Crippen LogP contribution in [0.3, 0.4) is 0 Å². The molecule has 0 spiro atoms. The number of hydrogen-bond acceptors (Lipinski definition) is 4. The molecule has 1 heterocycles. The van der Waals surface area contributed by atoms with Crippen molar-refractivity contribution >= 4 is 17.5 Å². The van der Waals surface area contributed by atoms with Crippen molar-refractivity contribution in [1.29, 1.82) is 0 Å². The number of halogens is 3. The summed E-state index contributed by atoms with van der Waals surface area (Å²) in [4.78, 5) is 13.2. The van der Waals surface area contributed by atoms with Gasteiger partial charge in [-0.2, -0.15) is 13.2 Å². The van der Waals surface area contributed by atoms with Gasteiger partial charge in [-0.15, -0.1) is 11.8 Å². The Balaban J connectivity index is 2.06. The number of benzene rings is 1. The molecule has 2 aromatic rings. The van der Waals surface area contributed by atoms with Crippen LogP contribution >= 0.6 is 11.8 Å². The lowest BCUT2D eigenvalue weighted by atomic mass is 9.94. The normalized spacial score (nSPS) is 16.2. The number of aromatic nitrogens is 1. The highest BCUT2D eigenvalue weighted by molar-refractivity contribution is 7.99. The number of thioether (sulfide) groups is 1. The summed E-state index contributed by atoms with van der Waals surface area (Å²) < 4.78 is 45.4. The minimum Gasteiger partial charge on any atom is -0.360 e. The minimum absolute atomic E-state index is 0.122. The molecule has 1 aliphatic carbocycles. The summed E-state index contributed by atoms with van der Waals surface area (Å²) in [5.41, 5.74) is -1.45. The van der Waals surface area contributed by atoms with Gasteiger partial charge in [-0.25, -0.2) is 0 Å². The molecule has 0 N–H and O–H groups in total. The molecule has 3 nitrogen and oxygen atoms in total. The van der Waals surface area contributed by atoms with Crippen molar-refractivity contribution in [2.75, 3.05) is 5.75 Å². The van der Waals surface area contributed by atoms with Crippen molar-refractivity contribution in [3.05, 3.63) is 46.8 Å². The monoisotopic (exact) mass is 355 g/mol. The molecule has 0 amide bonds. The van der Waals surface area contributed by atoms with E-state index in [9.17, 15) is 18.0 Å². The van der Waals surface area contributed by atoms with Gasteiger partial charge in [-0.3, -0.25) is 4.79 Å². The molecule has 3 rings (SSSR count). The maximum Gasteiger partial charge on any atom is 0.417 e. The fourth-order valence-corrected chi connectivity index (χ4v) is 3.31. The van der Waals surface area contributed by atoms with Crippen LogP contribution in [-0.2, 0) is 11.6 Å². The fourth-order valence-electron chi connectivity index (χ4n) is 2.61. The maximum atomic E-state index is 13.4. The number of rotatable bonds is 5. The lowest BCUT2D eigenvalue weighted by Gasteiger charge is -2.14. The van der Waals surface area contributed by atoms with Gasteiger partial charge in [0, 0.05) is 15.9 Å². The van der Waals surface area contributed by atoms with Crippen LogP contribution in [0.1, 0.15) is 53.9 Å². The standard InChI is InChI=1S/C17H16F3NO2S/c1-3-24-10-4-5-11(13(8-10)17(18,19)20)14(22)12-9-21-23-15(12)16(2)6-7-16/h4-5,8-9H,3,6-7H2,1-2H3. The van der Waals surface area contributed by atoms with Gasteiger partial charge >= 0.3 is 6.18 Å². The summed E-state index contributed by atoms with van der Waals surface area (Å²) >= 11 is 1.30. The van der Waals surface area contributed by atoms with Crippen LogP contribution in [0, 0.1) is 0 Å². The van der Waals surface area contributed by atoms with Crippen LogP contribution in [0.15, 0.2) is 33.8 Å². The van der Waals surface area contributed by atoms with Gasteiger partial charge in [0.25, 0.3) is 0 Å². The summed E-state index contributed by atoms with van der Waals surface area (Å²) in [6.07, 6.45) is -1.71. The second-order valence-electron chi connectivity index (χ2n) is 6.10. The number of hydrogen-bond donors (Lipinski definition) is 0. The molecular formula is C17H16F3NO2S. The highest BCUT2D eigenvalue weighted by Crippen LogP contribution is 2.49. The van der Waals surface area contributed by atoms with Gasteiger partial charge in [0.1, 0.15) is 0 Å². The molecule has 0 unspecified atom stereocenters. The van der Waals surface area contributed by atoms with E-state index in [4.69, 9.17) is 4.52 Å². The molecule has 1 fully saturated rings. The van der Waals surface area contributed by atoms with Gasteiger partial charge < -0.3 is 4.52 Å². The van der Waals surface area contributed by atoms with Crippen molar-refractivity contribution in [1.82, 2.24) is 5.16 Å². The second-order valence-corrected chi connectivity index (χ2v) is 7.43. The molecule has 128 valence electrons. The average Bonchev–Trinajstić information content (AvgIpc) is 3.08. The molecule has 24 heavy (non-hydrogen) atoms. The van der Waals surface area contributed by atoms with Crippen molar-refractivity contribution < 1.29 is 22.5 Å². The van der Waals surface area contributed by atoms with Gasteiger partial charge in [0.15, 0.2) is 11.5 Å². The van der Waals surface area contributed by atoms with Crippen molar-refractivity contribution in [2.24, 2.45) is 0 Å². The van der Waals surface area contributed by atoms with E-state index in [1.54, 1.807) is 6.07 Å². The van der Waals surface area contributed by atoms with E-state index in [1.165, 1.54) is 24.0 Å². The van der Waals surface area contributed by atoms with E-state index >= 15 is 0 Å². The van der Waals surface area contributed by atoms with Crippen LogP contribution < -0.4 is 0 Å². The summed E-state index contributed by atoms with van der Waals surface area (Å²) in [5.74, 6) is 0.339. The van der Waals surface area contributed by atoms with Gasteiger partial charge in [-0.05, 0) is 36.8 Å². The quantitative estimate of drug-likeness (QED) is 0.554. The Morgan fingerprint density at radius 3 is 2.62 bits per heavy atom. The molecule has 1 aromatic heterocycles. The Morgan fingerprint density at radius 1 is 1.33 bits per heavy atom. The zero-order valence-corrected chi connectivity index (χ0v) is 14.1. The largest absolute Gasteiger partial charge is 0.417 e. The molecule has 0 aliphatic heterocycles. The number of alkyl halides is 3. The summed E-state index contributed by atoms with van der Waals surface area (Å²) in [7, 11) is 0. The van der Waals surface area contributed by atoms with Crippen LogP contribution in [-0.4, -0.2) is 16.7 Å². The maximum absolute atomic E-state index is 13.4. The lowest BCUT2D eigenvalue weighted by molar-refractivity contribution is -0.138. The molecule has 1 aliphatic rings. The topological polar surface area (TPSA) is 43.1 Å². The zero-order chi connectivity index (χ0) is 17.5. The molecular weight excluding hydrogens is 339 g/mol. The van der Waals surface area contributed by atoms with Gasteiger partial charge in [0.05, 0.1) is 17.3 Å². The summed E-state index contributed by atoms with van der Waals surface area (Å²) in [5, 5.41) is 3.63. The predicted molar refractivity (Wildman–Crippen MR) is 84.4 cm³/mol. The Labute approximate surface area is 141 Å². The summed E-state index contributed by atoms with van der Waals surface area (Å²) in [6, 6.07) is 3.82. The lowest BCUT2D eigenvalue weighted by Crippen LogP contribution is -2.16. The Bertz CT molecular complexity index is 778. The van der Waals surface area contributed by atoms with Gasteiger partial charge in [-0.1, -0.05) is 19.0 Å². The Morgan fingerprint density at radius 2 is 2.04 bits per heavy atom. The molecule has 1 saturated carbocycles. The van der Waals surface area contributed by atoms with Crippen molar-refractivity contribution in [3.63, 3.8) is 0 Å².